The lowest BCUT2D eigenvalue weighted by atomic mass is 10.2. The van der Waals surface area contributed by atoms with Gasteiger partial charge in [-0.25, -0.2) is 9.37 Å². The Labute approximate surface area is 92.6 Å². The topological polar surface area (TPSA) is 63.9 Å². The van der Waals surface area contributed by atoms with Crippen molar-refractivity contribution >= 4 is 11.0 Å². The van der Waals surface area contributed by atoms with Crippen molar-refractivity contribution in [2.45, 2.75) is 12.5 Å². The maximum absolute atomic E-state index is 13.4. The number of hydrogen-bond acceptors (Lipinski definition) is 3. The standard InChI is InChI=1S/C11H14FN3O/c1-16-6-5-8(13)11-14-9-4-2-3-7(12)10(9)15-11/h2-4,8H,5-6,13H2,1H3,(H,14,15)/t8-/m1/s1. The Morgan fingerprint density at radius 1 is 1.56 bits per heavy atom. The van der Waals surface area contributed by atoms with E-state index in [0.717, 1.165) is 0 Å². The first-order chi connectivity index (χ1) is 7.72. The molecule has 0 aliphatic heterocycles. The van der Waals surface area contributed by atoms with Crippen molar-refractivity contribution < 1.29 is 9.13 Å². The molecule has 1 aromatic heterocycles. The fraction of sp³-hybridized carbons (Fsp3) is 0.364. The van der Waals surface area contributed by atoms with Gasteiger partial charge in [-0.15, -0.1) is 0 Å². The fourth-order valence-corrected chi connectivity index (χ4v) is 1.57. The summed E-state index contributed by atoms with van der Waals surface area (Å²) in [4.78, 5) is 7.17. The minimum absolute atomic E-state index is 0.258. The van der Waals surface area contributed by atoms with Gasteiger partial charge in [0, 0.05) is 13.7 Å². The summed E-state index contributed by atoms with van der Waals surface area (Å²) in [5.41, 5.74) is 6.91. The molecule has 3 N–H and O–H groups in total. The number of fused-ring (bicyclic) bond motifs is 1. The Hall–Kier alpha value is -1.46. The molecule has 0 bridgehead atoms. The van der Waals surface area contributed by atoms with E-state index in [-0.39, 0.29) is 11.9 Å². The van der Waals surface area contributed by atoms with Crippen LogP contribution in [0.4, 0.5) is 4.39 Å². The molecule has 2 aromatic rings. The Morgan fingerprint density at radius 2 is 2.38 bits per heavy atom. The van der Waals surface area contributed by atoms with E-state index in [4.69, 9.17) is 10.5 Å². The van der Waals surface area contributed by atoms with Crippen LogP contribution in [0.15, 0.2) is 18.2 Å². The highest BCUT2D eigenvalue weighted by atomic mass is 19.1. The number of hydrogen-bond donors (Lipinski definition) is 2. The number of aromatic amines is 1. The van der Waals surface area contributed by atoms with Crippen LogP contribution in [0.1, 0.15) is 18.3 Å². The molecular formula is C11H14FN3O. The van der Waals surface area contributed by atoms with E-state index >= 15 is 0 Å². The first kappa shape index (κ1) is 11.0. The number of halogens is 1. The SMILES string of the molecule is COCC[C@@H](N)c1nc2c(F)cccc2[nH]1. The number of aromatic nitrogens is 2. The molecule has 0 radical (unpaired) electrons. The summed E-state index contributed by atoms with van der Waals surface area (Å²) in [6, 6.07) is 4.54. The van der Waals surface area contributed by atoms with Gasteiger partial charge in [-0.1, -0.05) is 6.07 Å². The van der Waals surface area contributed by atoms with Gasteiger partial charge in [0.15, 0.2) is 5.82 Å². The molecule has 0 spiro atoms. The predicted octanol–water partition coefficient (Wildman–Crippen LogP) is 1.74. The molecule has 1 atom stereocenters. The predicted molar refractivity (Wildman–Crippen MR) is 59.5 cm³/mol. The quantitative estimate of drug-likeness (QED) is 0.829. The van der Waals surface area contributed by atoms with Crippen molar-refractivity contribution in [2.75, 3.05) is 13.7 Å². The highest BCUT2D eigenvalue weighted by molar-refractivity contribution is 5.75. The van der Waals surface area contributed by atoms with Crippen LogP contribution >= 0.6 is 0 Å². The van der Waals surface area contributed by atoms with Crippen LogP contribution in [-0.4, -0.2) is 23.7 Å². The molecule has 0 fully saturated rings. The van der Waals surface area contributed by atoms with Gasteiger partial charge in [-0.3, -0.25) is 0 Å². The number of nitrogens with two attached hydrogens (primary N) is 1. The maximum atomic E-state index is 13.4. The Kier molecular flexibility index (Phi) is 3.17. The van der Waals surface area contributed by atoms with Gasteiger partial charge in [-0.2, -0.15) is 0 Å². The lowest BCUT2D eigenvalue weighted by molar-refractivity contribution is 0.187. The van der Waals surface area contributed by atoms with Gasteiger partial charge in [0.05, 0.1) is 11.6 Å². The van der Waals surface area contributed by atoms with Crippen LogP contribution in [0.3, 0.4) is 0 Å². The number of benzene rings is 1. The molecule has 2 rings (SSSR count). The average Bonchev–Trinajstić information content (AvgIpc) is 2.71. The van der Waals surface area contributed by atoms with Crippen molar-refractivity contribution in [3.8, 4) is 0 Å². The summed E-state index contributed by atoms with van der Waals surface area (Å²) in [5.74, 6) is 0.260. The second-order valence-electron chi connectivity index (χ2n) is 3.65. The number of imidazole rings is 1. The summed E-state index contributed by atoms with van der Waals surface area (Å²) in [5, 5.41) is 0. The summed E-state index contributed by atoms with van der Waals surface area (Å²) < 4.78 is 18.3. The molecule has 16 heavy (non-hydrogen) atoms. The second kappa shape index (κ2) is 4.59. The van der Waals surface area contributed by atoms with Gasteiger partial charge in [0.1, 0.15) is 11.3 Å². The zero-order valence-corrected chi connectivity index (χ0v) is 9.03. The smallest absolute Gasteiger partial charge is 0.151 e. The molecule has 0 aliphatic carbocycles. The molecule has 0 amide bonds. The van der Waals surface area contributed by atoms with Crippen molar-refractivity contribution in [3.63, 3.8) is 0 Å². The van der Waals surface area contributed by atoms with E-state index in [9.17, 15) is 4.39 Å². The largest absolute Gasteiger partial charge is 0.385 e. The van der Waals surface area contributed by atoms with Gasteiger partial charge in [0.2, 0.25) is 0 Å². The molecule has 5 heteroatoms. The number of H-pyrrole nitrogens is 1. The Balaban J connectivity index is 2.29. The Morgan fingerprint density at radius 3 is 3.06 bits per heavy atom. The first-order valence-electron chi connectivity index (χ1n) is 5.11. The zero-order chi connectivity index (χ0) is 11.5. The lowest BCUT2D eigenvalue weighted by Crippen LogP contribution is -2.14. The summed E-state index contributed by atoms with van der Waals surface area (Å²) in [6.07, 6.45) is 0.651. The van der Waals surface area contributed by atoms with E-state index in [1.807, 2.05) is 0 Å². The van der Waals surface area contributed by atoms with Crippen molar-refractivity contribution in [1.29, 1.82) is 0 Å². The van der Waals surface area contributed by atoms with E-state index in [2.05, 4.69) is 9.97 Å². The molecule has 1 heterocycles. The normalized spacial score (nSPS) is 13.2. The van der Waals surface area contributed by atoms with Crippen molar-refractivity contribution in [1.82, 2.24) is 9.97 Å². The Bertz CT molecular complexity index is 483. The minimum Gasteiger partial charge on any atom is -0.385 e. The van der Waals surface area contributed by atoms with Gasteiger partial charge < -0.3 is 15.5 Å². The number of ether oxygens (including phenoxy) is 1. The third-order valence-electron chi connectivity index (χ3n) is 2.47. The molecule has 86 valence electrons. The minimum atomic E-state index is -0.334. The fourth-order valence-electron chi connectivity index (χ4n) is 1.57. The lowest BCUT2D eigenvalue weighted by Gasteiger charge is -2.06. The van der Waals surface area contributed by atoms with E-state index in [1.54, 1.807) is 19.2 Å². The molecule has 0 saturated carbocycles. The van der Waals surface area contributed by atoms with E-state index < -0.39 is 0 Å². The van der Waals surface area contributed by atoms with Gasteiger partial charge >= 0.3 is 0 Å². The van der Waals surface area contributed by atoms with Crippen LogP contribution < -0.4 is 5.73 Å². The summed E-state index contributed by atoms with van der Waals surface area (Å²) in [7, 11) is 1.62. The number of nitrogens with zero attached hydrogens (tertiary/aromatic N) is 1. The number of methoxy groups -OCH3 is 1. The number of rotatable bonds is 4. The average molecular weight is 223 g/mol. The first-order valence-corrected chi connectivity index (χ1v) is 5.11. The third-order valence-corrected chi connectivity index (χ3v) is 2.47. The van der Waals surface area contributed by atoms with Gasteiger partial charge in [0.25, 0.3) is 0 Å². The maximum Gasteiger partial charge on any atom is 0.151 e. The van der Waals surface area contributed by atoms with Crippen LogP contribution in [0.5, 0.6) is 0 Å². The molecule has 0 aliphatic rings. The summed E-state index contributed by atoms with van der Waals surface area (Å²) in [6.45, 7) is 0.556. The van der Waals surface area contributed by atoms with Crippen LogP contribution in [-0.2, 0) is 4.74 Å². The number of nitrogens with one attached hydrogen (secondary N) is 1. The zero-order valence-electron chi connectivity index (χ0n) is 9.03. The van der Waals surface area contributed by atoms with Crippen LogP contribution in [0.2, 0.25) is 0 Å². The summed E-state index contributed by atoms with van der Waals surface area (Å²) >= 11 is 0. The van der Waals surface area contributed by atoms with Crippen LogP contribution in [0.25, 0.3) is 11.0 Å². The third kappa shape index (κ3) is 2.05. The van der Waals surface area contributed by atoms with Crippen molar-refractivity contribution in [2.24, 2.45) is 5.73 Å². The van der Waals surface area contributed by atoms with Gasteiger partial charge in [-0.05, 0) is 18.6 Å². The highest BCUT2D eigenvalue weighted by Crippen LogP contribution is 2.18. The van der Waals surface area contributed by atoms with Crippen LogP contribution in [0, 0.1) is 5.82 Å². The van der Waals surface area contributed by atoms with Crippen molar-refractivity contribution in [3.05, 3.63) is 29.8 Å². The highest BCUT2D eigenvalue weighted by Gasteiger charge is 2.12. The van der Waals surface area contributed by atoms with E-state index in [1.165, 1.54) is 6.07 Å². The molecule has 1 aromatic carbocycles. The second-order valence-corrected chi connectivity index (χ2v) is 3.65. The molecule has 4 nitrogen and oxygen atoms in total. The molecular weight excluding hydrogens is 209 g/mol. The molecule has 0 unspecified atom stereocenters. The monoisotopic (exact) mass is 223 g/mol. The van der Waals surface area contributed by atoms with E-state index in [0.29, 0.717) is 29.9 Å². The molecule has 0 saturated heterocycles. The number of para-hydroxylation sites is 1.